The van der Waals surface area contributed by atoms with Crippen LogP contribution in [0.15, 0.2) is 12.1 Å². The van der Waals surface area contributed by atoms with Crippen LogP contribution in [-0.2, 0) is 0 Å². The van der Waals surface area contributed by atoms with E-state index in [1.165, 1.54) is 13.8 Å². The van der Waals surface area contributed by atoms with E-state index in [0.717, 1.165) is 19.1 Å². The zero-order chi connectivity index (χ0) is 19.3. The minimum Gasteiger partial charge on any atom is -0.287 e. The number of carbonyl (C=O) groups excluding carboxylic acids is 1. The zero-order valence-corrected chi connectivity index (χ0v) is 12.5. The molecule has 0 N–H and O–H groups in total. The van der Waals surface area contributed by atoms with Crippen molar-refractivity contribution in [1.82, 2.24) is 0 Å². The van der Waals surface area contributed by atoms with E-state index in [0.29, 0.717) is 5.56 Å². The molecule has 0 saturated heterocycles. The van der Waals surface area contributed by atoms with E-state index in [1.54, 1.807) is 0 Å². The van der Waals surface area contributed by atoms with Gasteiger partial charge in [0.25, 0.3) is 0 Å². The summed E-state index contributed by atoms with van der Waals surface area (Å²) in [5.41, 5.74) is -0.625. The van der Waals surface area contributed by atoms with E-state index in [4.69, 9.17) is 0 Å². The largest absolute Gasteiger partial charge is 0.460 e. The smallest absolute Gasteiger partial charge is 0.287 e. The van der Waals surface area contributed by atoms with Gasteiger partial charge < -0.3 is 0 Å². The molecule has 0 radical (unpaired) electrons. The average molecular weight is 366 g/mol. The van der Waals surface area contributed by atoms with Gasteiger partial charge >= 0.3 is 23.9 Å². The third-order valence-corrected chi connectivity index (χ3v) is 3.52. The number of hydrogen-bond donors (Lipinski definition) is 0. The van der Waals surface area contributed by atoms with E-state index in [1.807, 2.05) is 0 Å². The summed E-state index contributed by atoms with van der Waals surface area (Å²) in [5, 5.41) is 0. The molecular formula is C14H11F9O. The van der Waals surface area contributed by atoms with Crippen LogP contribution in [-0.4, -0.2) is 29.7 Å². The van der Waals surface area contributed by atoms with Crippen molar-refractivity contribution in [2.45, 2.75) is 44.7 Å². The van der Waals surface area contributed by atoms with Gasteiger partial charge in [-0.3, -0.25) is 4.79 Å². The highest BCUT2D eigenvalue weighted by Gasteiger charge is 2.83. The molecule has 10 heteroatoms. The van der Waals surface area contributed by atoms with Crippen molar-refractivity contribution in [1.29, 1.82) is 0 Å². The molecule has 1 aromatic rings. The molecule has 1 aromatic carbocycles. The van der Waals surface area contributed by atoms with Crippen molar-refractivity contribution in [3.8, 4) is 0 Å². The number of benzene rings is 1. The third kappa shape index (κ3) is 2.86. The van der Waals surface area contributed by atoms with Crippen LogP contribution >= 0.6 is 0 Å². The van der Waals surface area contributed by atoms with E-state index in [9.17, 15) is 44.3 Å². The molecule has 0 saturated carbocycles. The molecule has 0 spiro atoms. The number of Topliss-reactive ketones (excluding diaryl/α,β-unsaturated/α-hetero) is 1. The van der Waals surface area contributed by atoms with Crippen LogP contribution in [0, 0.1) is 20.8 Å². The van der Waals surface area contributed by atoms with Gasteiger partial charge in [0.2, 0.25) is 5.78 Å². The van der Waals surface area contributed by atoms with Crippen LogP contribution in [0.25, 0.3) is 0 Å². The van der Waals surface area contributed by atoms with Crippen molar-refractivity contribution in [2.75, 3.05) is 0 Å². The Labute approximate surface area is 130 Å². The fourth-order valence-electron chi connectivity index (χ4n) is 1.89. The van der Waals surface area contributed by atoms with Gasteiger partial charge in [-0.25, -0.2) is 0 Å². The van der Waals surface area contributed by atoms with E-state index < -0.39 is 35.3 Å². The second-order valence-electron chi connectivity index (χ2n) is 5.30. The van der Waals surface area contributed by atoms with E-state index in [-0.39, 0.29) is 11.1 Å². The van der Waals surface area contributed by atoms with Crippen LogP contribution in [0.1, 0.15) is 27.0 Å². The van der Waals surface area contributed by atoms with E-state index in [2.05, 4.69) is 0 Å². The van der Waals surface area contributed by atoms with Gasteiger partial charge in [0.1, 0.15) is 0 Å². The van der Waals surface area contributed by atoms with Gasteiger partial charge in [-0.1, -0.05) is 6.07 Å². The summed E-state index contributed by atoms with van der Waals surface area (Å²) in [6.07, 6.45) is -6.96. The zero-order valence-electron chi connectivity index (χ0n) is 12.5. The van der Waals surface area contributed by atoms with Gasteiger partial charge in [0.15, 0.2) is 0 Å². The number of rotatable bonds is 4. The number of ketones is 1. The number of carbonyl (C=O) groups is 1. The summed E-state index contributed by atoms with van der Waals surface area (Å²) < 4.78 is 116. The summed E-state index contributed by atoms with van der Waals surface area (Å²) in [7, 11) is 0. The van der Waals surface area contributed by atoms with Crippen molar-refractivity contribution in [3.63, 3.8) is 0 Å². The van der Waals surface area contributed by atoms with Crippen molar-refractivity contribution >= 4 is 5.78 Å². The fraction of sp³-hybridized carbons (Fsp3) is 0.500. The fourth-order valence-corrected chi connectivity index (χ4v) is 1.89. The monoisotopic (exact) mass is 366 g/mol. The van der Waals surface area contributed by atoms with Gasteiger partial charge in [-0.15, -0.1) is 0 Å². The summed E-state index contributed by atoms with van der Waals surface area (Å²) in [4.78, 5) is 11.6. The molecule has 24 heavy (non-hydrogen) atoms. The highest BCUT2D eigenvalue weighted by molar-refractivity contribution is 6.03. The third-order valence-electron chi connectivity index (χ3n) is 3.52. The Kier molecular flexibility index (Phi) is 4.79. The van der Waals surface area contributed by atoms with Crippen LogP contribution in [0.4, 0.5) is 39.5 Å². The molecule has 0 aliphatic carbocycles. The molecule has 1 rings (SSSR count). The standard InChI is InChI=1S/C14H11F9O/c1-6-4-8(3)9(5-7(6)2)10(24)11(15,16)12(17,18)13(19,20)14(21,22)23/h4-5H,1-3H3. The number of aryl methyl sites for hydroxylation is 3. The SMILES string of the molecule is Cc1cc(C)c(C(=O)C(F)(F)C(F)(F)C(F)(F)C(F)(F)F)cc1C. The van der Waals surface area contributed by atoms with Crippen LogP contribution in [0.3, 0.4) is 0 Å². The molecule has 0 unspecified atom stereocenters. The van der Waals surface area contributed by atoms with Crippen molar-refractivity contribution in [3.05, 3.63) is 34.4 Å². The first-order chi connectivity index (χ1) is 10.5. The Morgan fingerprint density at radius 1 is 0.708 bits per heavy atom. The lowest BCUT2D eigenvalue weighted by Crippen LogP contribution is -2.63. The lowest BCUT2D eigenvalue weighted by molar-refractivity contribution is -0.386. The Bertz CT molecular complexity index is 659. The quantitative estimate of drug-likeness (QED) is 0.525. The molecule has 0 aliphatic heterocycles. The number of halogens is 9. The molecule has 0 fully saturated rings. The van der Waals surface area contributed by atoms with Gasteiger partial charge in [0.05, 0.1) is 0 Å². The molecule has 0 aromatic heterocycles. The molecule has 0 atom stereocenters. The molecule has 0 bridgehead atoms. The molecular weight excluding hydrogens is 355 g/mol. The average Bonchev–Trinajstić information content (AvgIpc) is 2.40. The van der Waals surface area contributed by atoms with Crippen molar-refractivity contribution < 1.29 is 44.3 Å². The Hall–Kier alpha value is -1.74. The maximum Gasteiger partial charge on any atom is 0.460 e. The predicted octanol–water partition coefficient (Wildman–Crippen LogP) is 5.26. The Morgan fingerprint density at radius 3 is 1.54 bits per heavy atom. The topological polar surface area (TPSA) is 17.1 Å². The maximum atomic E-state index is 13.6. The second-order valence-corrected chi connectivity index (χ2v) is 5.30. The minimum atomic E-state index is -7.09. The lowest BCUT2D eigenvalue weighted by atomic mass is 9.91. The summed E-state index contributed by atoms with van der Waals surface area (Å²) in [6.45, 7) is 3.89. The number of hydrogen-bond acceptors (Lipinski definition) is 1. The molecule has 1 nitrogen and oxygen atoms in total. The summed E-state index contributed by atoms with van der Waals surface area (Å²) in [6, 6.07) is 1.89. The first-order valence-electron chi connectivity index (χ1n) is 6.31. The highest BCUT2D eigenvalue weighted by Crippen LogP contribution is 2.53. The highest BCUT2D eigenvalue weighted by atomic mass is 19.4. The Morgan fingerprint density at radius 2 is 1.12 bits per heavy atom. The van der Waals surface area contributed by atoms with Crippen molar-refractivity contribution in [2.24, 2.45) is 0 Å². The Balaban J connectivity index is 3.49. The second kappa shape index (κ2) is 5.66. The normalized spacial score (nSPS) is 14.0. The summed E-state index contributed by atoms with van der Waals surface area (Å²) >= 11 is 0. The molecule has 136 valence electrons. The van der Waals surface area contributed by atoms with Gasteiger partial charge in [-0.2, -0.15) is 39.5 Å². The first kappa shape index (κ1) is 20.3. The minimum absolute atomic E-state index is 0.200. The van der Waals surface area contributed by atoms with Gasteiger partial charge in [0, 0.05) is 5.56 Å². The molecule has 0 aliphatic rings. The summed E-state index contributed by atoms with van der Waals surface area (Å²) in [5.74, 6) is -23.1. The maximum absolute atomic E-state index is 13.6. The van der Waals surface area contributed by atoms with E-state index >= 15 is 0 Å². The lowest BCUT2D eigenvalue weighted by Gasteiger charge is -2.33. The molecule has 0 heterocycles. The van der Waals surface area contributed by atoms with Crippen LogP contribution in [0.2, 0.25) is 0 Å². The number of alkyl halides is 9. The first-order valence-corrected chi connectivity index (χ1v) is 6.31. The van der Waals surface area contributed by atoms with Crippen LogP contribution < -0.4 is 0 Å². The molecule has 0 amide bonds. The van der Waals surface area contributed by atoms with Crippen LogP contribution in [0.5, 0.6) is 0 Å². The van der Waals surface area contributed by atoms with Gasteiger partial charge in [-0.05, 0) is 43.5 Å². The predicted molar refractivity (Wildman–Crippen MR) is 65.9 cm³/mol.